The topological polar surface area (TPSA) is 76.1 Å². The molecule has 3 aromatic carbocycles. The van der Waals surface area contributed by atoms with E-state index >= 15 is 0 Å². The van der Waals surface area contributed by atoms with Crippen molar-refractivity contribution in [2.75, 3.05) is 18.6 Å². The van der Waals surface area contributed by atoms with Crippen molar-refractivity contribution in [1.82, 2.24) is 0 Å². The normalized spacial score (nSPS) is 17.1. The van der Waals surface area contributed by atoms with Crippen LogP contribution in [-0.2, 0) is 9.59 Å². The molecule has 186 valence electrons. The van der Waals surface area contributed by atoms with Gasteiger partial charge in [0, 0.05) is 5.69 Å². The van der Waals surface area contributed by atoms with E-state index in [1.807, 2.05) is 39.0 Å². The highest BCUT2D eigenvalue weighted by Gasteiger charge is 2.47. The predicted molar refractivity (Wildman–Crippen MR) is 136 cm³/mol. The van der Waals surface area contributed by atoms with Crippen LogP contribution in [-0.4, -0.2) is 30.5 Å². The van der Waals surface area contributed by atoms with Crippen LogP contribution in [0, 0.1) is 18.7 Å². The minimum Gasteiger partial charge on any atom is -0.507 e. The fraction of sp³-hybridized carbons (Fsp3) is 0.241. The molecule has 0 aromatic heterocycles. The molecule has 1 amide bonds. The standard InChI is InChI=1S/C29H28FNO5/c1-17(2)16-36-22-11-9-21(10-12-22)31-26(19-7-5-6-18(3)14-19)25(28(33)29(31)34)27(32)23-15-20(30)8-13-24(23)35-4/h5-15,17,26,32H,16H2,1-4H3/b27-25+. The fourth-order valence-corrected chi connectivity index (χ4v) is 4.23. The molecular weight excluding hydrogens is 461 g/mol. The second kappa shape index (κ2) is 10.2. The Kier molecular flexibility index (Phi) is 7.10. The first-order chi connectivity index (χ1) is 17.2. The first-order valence-corrected chi connectivity index (χ1v) is 11.7. The zero-order valence-corrected chi connectivity index (χ0v) is 20.6. The summed E-state index contributed by atoms with van der Waals surface area (Å²) in [5.74, 6) is -1.62. The number of ether oxygens (including phenoxy) is 2. The van der Waals surface area contributed by atoms with Gasteiger partial charge in [0.25, 0.3) is 11.7 Å². The van der Waals surface area contributed by atoms with E-state index in [2.05, 4.69) is 0 Å². The Labute approximate surface area is 209 Å². The molecule has 6 nitrogen and oxygen atoms in total. The highest BCUT2D eigenvalue weighted by atomic mass is 19.1. The zero-order valence-electron chi connectivity index (χ0n) is 20.6. The first kappa shape index (κ1) is 25.0. The van der Waals surface area contributed by atoms with Crippen LogP contribution >= 0.6 is 0 Å². The van der Waals surface area contributed by atoms with E-state index in [-0.39, 0.29) is 16.9 Å². The number of hydrogen-bond donors (Lipinski definition) is 1. The molecular formula is C29H28FNO5. The smallest absolute Gasteiger partial charge is 0.300 e. The number of aliphatic hydroxyl groups is 1. The summed E-state index contributed by atoms with van der Waals surface area (Å²) in [6.45, 7) is 6.53. The number of carbonyl (C=O) groups excluding carboxylic acids is 2. The van der Waals surface area contributed by atoms with E-state index in [0.717, 1.165) is 11.6 Å². The lowest BCUT2D eigenvalue weighted by Crippen LogP contribution is -2.29. The Hall–Kier alpha value is -4.13. The van der Waals surface area contributed by atoms with Crippen molar-refractivity contribution in [3.8, 4) is 11.5 Å². The molecule has 1 saturated heterocycles. The van der Waals surface area contributed by atoms with Crippen molar-refractivity contribution >= 4 is 23.1 Å². The third kappa shape index (κ3) is 4.82. The largest absolute Gasteiger partial charge is 0.507 e. The van der Waals surface area contributed by atoms with Gasteiger partial charge in [0.15, 0.2) is 0 Å². The number of amides is 1. The van der Waals surface area contributed by atoms with Gasteiger partial charge >= 0.3 is 0 Å². The maximum atomic E-state index is 14.1. The van der Waals surface area contributed by atoms with Gasteiger partial charge in [-0.1, -0.05) is 43.7 Å². The van der Waals surface area contributed by atoms with Crippen molar-refractivity contribution in [3.63, 3.8) is 0 Å². The van der Waals surface area contributed by atoms with Gasteiger partial charge in [-0.15, -0.1) is 0 Å². The number of nitrogens with zero attached hydrogens (tertiary/aromatic N) is 1. The van der Waals surface area contributed by atoms with E-state index in [4.69, 9.17) is 9.47 Å². The summed E-state index contributed by atoms with van der Waals surface area (Å²) in [7, 11) is 1.38. The molecule has 0 aliphatic carbocycles. The predicted octanol–water partition coefficient (Wildman–Crippen LogP) is 5.80. The average molecular weight is 490 g/mol. The van der Waals surface area contributed by atoms with E-state index in [0.29, 0.717) is 29.5 Å². The second-order valence-corrected chi connectivity index (χ2v) is 9.13. The summed E-state index contributed by atoms with van der Waals surface area (Å²) in [5.41, 5.74) is 1.86. The summed E-state index contributed by atoms with van der Waals surface area (Å²) >= 11 is 0. The molecule has 3 aromatic rings. The number of benzene rings is 3. The van der Waals surface area contributed by atoms with Gasteiger partial charge in [0.05, 0.1) is 30.9 Å². The second-order valence-electron chi connectivity index (χ2n) is 9.13. The number of carbonyl (C=O) groups is 2. The van der Waals surface area contributed by atoms with Crippen molar-refractivity contribution in [2.24, 2.45) is 5.92 Å². The Morgan fingerprint density at radius 1 is 1.06 bits per heavy atom. The lowest BCUT2D eigenvalue weighted by molar-refractivity contribution is -0.132. The zero-order chi connectivity index (χ0) is 26.0. The van der Waals surface area contributed by atoms with Crippen molar-refractivity contribution < 1.29 is 28.6 Å². The molecule has 1 heterocycles. The summed E-state index contributed by atoms with van der Waals surface area (Å²) in [6.07, 6.45) is 0. The van der Waals surface area contributed by atoms with Crippen LogP contribution in [0.4, 0.5) is 10.1 Å². The summed E-state index contributed by atoms with van der Waals surface area (Å²) in [5, 5.41) is 11.3. The van der Waals surface area contributed by atoms with Crippen LogP contribution < -0.4 is 14.4 Å². The van der Waals surface area contributed by atoms with Gasteiger partial charge in [-0.25, -0.2) is 4.39 Å². The summed E-state index contributed by atoms with van der Waals surface area (Å²) in [6, 6.07) is 16.9. The van der Waals surface area contributed by atoms with E-state index in [1.54, 1.807) is 30.3 Å². The minimum absolute atomic E-state index is 0.00872. The SMILES string of the molecule is COc1ccc(F)cc1/C(O)=C1\C(=O)C(=O)N(c2ccc(OCC(C)C)cc2)C1c1cccc(C)c1. The molecule has 36 heavy (non-hydrogen) atoms. The summed E-state index contributed by atoms with van der Waals surface area (Å²) < 4.78 is 25.1. The van der Waals surface area contributed by atoms with Gasteiger partial charge in [0.1, 0.15) is 23.1 Å². The highest BCUT2D eigenvalue weighted by Crippen LogP contribution is 2.43. The maximum absolute atomic E-state index is 14.1. The van der Waals surface area contributed by atoms with Gasteiger partial charge < -0.3 is 14.6 Å². The Bertz CT molecular complexity index is 1330. The number of rotatable bonds is 7. The number of aryl methyl sites for hydroxylation is 1. The Morgan fingerprint density at radius 2 is 1.78 bits per heavy atom. The number of aliphatic hydroxyl groups excluding tert-OH is 1. The molecule has 0 bridgehead atoms. The van der Waals surface area contributed by atoms with E-state index in [9.17, 15) is 19.1 Å². The molecule has 1 aliphatic heterocycles. The molecule has 7 heteroatoms. The van der Waals surface area contributed by atoms with Crippen LogP contribution in [0.2, 0.25) is 0 Å². The van der Waals surface area contributed by atoms with Crippen LogP contribution in [0.15, 0.2) is 72.3 Å². The maximum Gasteiger partial charge on any atom is 0.300 e. The van der Waals surface area contributed by atoms with Crippen molar-refractivity contribution in [3.05, 3.63) is 94.8 Å². The third-order valence-corrected chi connectivity index (χ3v) is 5.92. The van der Waals surface area contributed by atoms with Crippen LogP contribution in [0.5, 0.6) is 11.5 Å². The van der Waals surface area contributed by atoms with Crippen molar-refractivity contribution in [2.45, 2.75) is 26.8 Å². The molecule has 1 fully saturated rings. The number of hydrogen-bond acceptors (Lipinski definition) is 5. The number of methoxy groups -OCH3 is 1. The molecule has 0 saturated carbocycles. The quantitative estimate of drug-likeness (QED) is 0.258. The molecule has 0 spiro atoms. The minimum atomic E-state index is -0.930. The molecule has 4 rings (SSSR count). The van der Waals surface area contributed by atoms with Gasteiger partial charge in [-0.2, -0.15) is 0 Å². The number of Topliss-reactive ketones (excluding diaryl/α,β-unsaturated/α-hetero) is 1. The van der Waals surface area contributed by atoms with Crippen LogP contribution in [0.1, 0.15) is 36.6 Å². The molecule has 1 N–H and O–H groups in total. The van der Waals surface area contributed by atoms with Gasteiger partial charge in [-0.05, 0) is 60.9 Å². The van der Waals surface area contributed by atoms with Crippen LogP contribution in [0.3, 0.4) is 0 Å². The Morgan fingerprint density at radius 3 is 2.42 bits per heavy atom. The number of anilines is 1. The third-order valence-electron chi connectivity index (χ3n) is 5.92. The molecule has 1 atom stereocenters. The first-order valence-electron chi connectivity index (χ1n) is 11.7. The molecule has 1 aliphatic rings. The highest BCUT2D eigenvalue weighted by molar-refractivity contribution is 6.51. The van der Waals surface area contributed by atoms with Gasteiger partial charge in [-0.3, -0.25) is 14.5 Å². The summed E-state index contributed by atoms with van der Waals surface area (Å²) in [4.78, 5) is 28.0. The average Bonchev–Trinajstić information content (AvgIpc) is 3.13. The lowest BCUT2D eigenvalue weighted by Gasteiger charge is -2.26. The Balaban J connectivity index is 1.87. The van der Waals surface area contributed by atoms with Crippen molar-refractivity contribution in [1.29, 1.82) is 0 Å². The van der Waals surface area contributed by atoms with E-state index < -0.39 is 29.3 Å². The van der Waals surface area contributed by atoms with Gasteiger partial charge in [0.2, 0.25) is 0 Å². The lowest BCUT2D eigenvalue weighted by atomic mass is 9.94. The molecule has 0 radical (unpaired) electrons. The fourth-order valence-electron chi connectivity index (χ4n) is 4.23. The number of ketones is 1. The number of halogens is 1. The van der Waals surface area contributed by atoms with Crippen LogP contribution in [0.25, 0.3) is 5.76 Å². The monoisotopic (exact) mass is 489 g/mol. The van der Waals surface area contributed by atoms with E-state index in [1.165, 1.54) is 24.1 Å². The molecule has 1 unspecified atom stereocenters.